The van der Waals surface area contributed by atoms with Gasteiger partial charge in [0.2, 0.25) is 0 Å². The normalized spacial score (nSPS) is 12.1. The van der Waals surface area contributed by atoms with E-state index in [0.29, 0.717) is 0 Å². The number of rotatable bonds is 6. The molecule has 1 aromatic heterocycles. The number of hydrogen-bond donors (Lipinski definition) is 0. The molecule has 0 saturated carbocycles. The average Bonchev–Trinajstić information content (AvgIpc) is 3.79. The Morgan fingerprint density at radius 2 is 0.522 bits per heavy atom. The highest BCUT2D eigenvalue weighted by Crippen LogP contribution is 2.46. The van der Waals surface area contributed by atoms with Gasteiger partial charge in [-0.3, -0.25) is 0 Å². The second-order valence-corrected chi connectivity index (χ2v) is 19.8. The summed E-state index contributed by atoms with van der Waals surface area (Å²) in [6.07, 6.45) is 0. The van der Waals surface area contributed by atoms with Gasteiger partial charge in [-0.2, -0.15) is 0 Å². The van der Waals surface area contributed by atoms with Crippen LogP contribution in [0.3, 0.4) is 0 Å². The highest BCUT2D eigenvalue weighted by Gasteiger charge is 2.19. The van der Waals surface area contributed by atoms with Gasteiger partial charge in [-0.15, -0.1) is 11.3 Å². The average molecular weight is 889 g/mol. The van der Waals surface area contributed by atoms with E-state index in [2.05, 4.69) is 243 Å². The summed E-state index contributed by atoms with van der Waals surface area (Å²) in [5.41, 5.74) is 14.8. The molecule has 0 atom stereocenters. The van der Waals surface area contributed by atoms with E-state index in [9.17, 15) is 0 Å². The Hall–Kier alpha value is -8.62. The monoisotopic (exact) mass is 888 g/mol. The van der Waals surface area contributed by atoms with E-state index in [-0.39, 0.29) is 0 Å². The third-order valence-electron chi connectivity index (χ3n) is 15.0. The van der Waals surface area contributed by atoms with Gasteiger partial charge in [-0.05, 0) is 156 Å². The van der Waals surface area contributed by atoms with Crippen LogP contribution in [0.2, 0.25) is 0 Å². The summed E-state index contributed by atoms with van der Waals surface area (Å²) >= 11 is 1.89. The van der Waals surface area contributed by atoms with Gasteiger partial charge in [-0.25, -0.2) is 0 Å². The Balaban J connectivity index is 0.841. The largest absolute Gasteiger partial charge is 0.135 e. The van der Waals surface area contributed by atoms with Gasteiger partial charge in [0, 0.05) is 20.2 Å². The van der Waals surface area contributed by atoms with Crippen molar-refractivity contribution in [1.82, 2.24) is 0 Å². The highest BCUT2D eigenvalue weighted by molar-refractivity contribution is 7.25. The van der Waals surface area contributed by atoms with E-state index in [0.717, 1.165) is 0 Å². The lowest BCUT2D eigenvalue weighted by Crippen LogP contribution is -1.90. The molecule has 0 aliphatic carbocycles. The topological polar surface area (TPSA) is 0 Å². The van der Waals surface area contributed by atoms with Crippen LogP contribution in [-0.2, 0) is 0 Å². The van der Waals surface area contributed by atoms with Gasteiger partial charge < -0.3 is 0 Å². The van der Waals surface area contributed by atoms with Gasteiger partial charge in [0.1, 0.15) is 0 Å². The number of fused-ring (bicyclic) bond motifs is 3. The van der Waals surface area contributed by atoms with E-state index in [4.69, 9.17) is 0 Å². The van der Waals surface area contributed by atoms with Crippen molar-refractivity contribution in [2.45, 2.75) is 0 Å². The van der Waals surface area contributed by atoms with E-state index in [1.165, 1.54) is 152 Å². The first-order valence-electron chi connectivity index (χ1n) is 23.9. The van der Waals surface area contributed by atoms with Crippen LogP contribution >= 0.6 is 11.3 Å². The summed E-state index contributed by atoms with van der Waals surface area (Å²) in [5.74, 6) is 0. The lowest BCUT2D eigenvalue weighted by Gasteiger charge is -2.17. The van der Waals surface area contributed by atoms with Crippen molar-refractivity contribution in [3.8, 4) is 66.8 Å². The molecule has 0 amide bonds. The summed E-state index contributed by atoms with van der Waals surface area (Å²) in [6.45, 7) is 0. The van der Waals surface area contributed by atoms with E-state index in [1.807, 2.05) is 11.3 Å². The minimum absolute atomic E-state index is 1.22. The lowest BCUT2D eigenvalue weighted by atomic mass is 9.87. The molecule has 0 saturated heterocycles. The van der Waals surface area contributed by atoms with Crippen molar-refractivity contribution >= 4 is 96.1 Å². The molecule has 15 aromatic rings. The van der Waals surface area contributed by atoms with Crippen LogP contribution < -0.4 is 0 Å². The molecule has 1 heterocycles. The molecule has 0 aliphatic rings. The van der Waals surface area contributed by atoms with E-state index >= 15 is 0 Å². The molecule has 318 valence electrons. The zero-order valence-corrected chi connectivity index (χ0v) is 38.3. The maximum atomic E-state index is 2.41. The first kappa shape index (κ1) is 38.5. The Bertz CT molecular complexity index is 4200. The van der Waals surface area contributed by atoms with Gasteiger partial charge in [0.05, 0.1) is 0 Å². The fraction of sp³-hybridized carbons (Fsp3) is 0. The Morgan fingerprint density at radius 3 is 0.957 bits per heavy atom. The molecule has 0 bridgehead atoms. The Kier molecular flexibility index (Phi) is 8.33. The molecule has 0 unspecified atom stereocenters. The minimum atomic E-state index is 1.22. The third kappa shape index (κ3) is 5.94. The van der Waals surface area contributed by atoms with Crippen molar-refractivity contribution in [3.05, 3.63) is 243 Å². The van der Waals surface area contributed by atoms with Crippen molar-refractivity contribution in [1.29, 1.82) is 0 Å². The van der Waals surface area contributed by atoms with Crippen molar-refractivity contribution in [2.24, 2.45) is 0 Å². The summed E-state index contributed by atoms with van der Waals surface area (Å²) in [6, 6.07) is 90.9. The first-order chi connectivity index (χ1) is 34.2. The van der Waals surface area contributed by atoms with E-state index in [1.54, 1.807) is 0 Å². The molecule has 0 spiro atoms. The van der Waals surface area contributed by atoms with Crippen LogP contribution in [0.1, 0.15) is 0 Å². The van der Waals surface area contributed by atoms with Crippen molar-refractivity contribution in [2.75, 3.05) is 0 Å². The predicted molar refractivity (Wildman–Crippen MR) is 299 cm³/mol. The van der Waals surface area contributed by atoms with Gasteiger partial charge in [-0.1, -0.05) is 218 Å². The fourth-order valence-corrected chi connectivity index (χ4v) is 12.9. The van der Waals surface area contributed by atoms with Gasteiger partial charge in [0.15, 0.2) is 0 Å². The standard InChI is InChI=1S/C68H40S/c1-3-9-41(10-4-1)61-37-49(53-29-21-47-19-17-43-13-7-15-45-23-35-59(53)67(47)65(43)45)25-31-55(61)51-27-33-57-58-34-28-52(40-64(58)69-63(57)39-51)56-32-26-50(38-62(56)42-11-5-2-6-12-42)54-30-22-48-20-18-44-14-8-16-46-24-36-60(54)68(48)66(44)46/h1-40H. The molecule has 0 aliphatic heterocycles. The van der Waals surface area contributed by atoms with Crippen LogP contribution in [-0.4, -0.2) is 0 Å². The Labute approximate surface area is 403 Å². The summed E-state index contributed by atoms with van der Waals surface area (Å²) in [4.78, 5) is 0. The molecule has 15 rings (SSSR count). The lowest BCUT2D eigenvalue weighted by molar-refractivity contribution is 1.59. The van der Waals surface area contributed by atoms with Gasteiger partial charge >= 0.3 is 0 Å². The van der Waals surface area contributed by atoms with Crippen LogP contribution in [0.15, 0.2) is 243 Å². The maximum absolute atomic E-state index is 2.41. The number of hydrogen-bond acceptors (Lipinski definition) is 1. The number of thiophene rings is 1. The van der Waals surface area contributed by atoms with Gasteiger partial charge in [0.25, 0.3) is 0 Å². The van der Waals surface area contributed by atoms with Crippen LogP contribution in [0.4, 0.5) is 0 Å². The highest BCUT2D eigenvalue weighted by atomic mass is 32.1. The van der Waals surface area contributed by atoms with Crippen molar-refractivity contribution in [3.63, 3.8) is 0 Å². The molecule has 69 heavy (non-hydrogen) atoms. The second-order valence-electron chi connectivity index (χ2n) is 18.7. The molecule has 0 N–H and O–H groups in total. The second kappa shape index (κ2) is 14.9. The summed E-state index contributed by atoms with van der Waals surface area (Å²) in [5, 5.41) is 18.3. The molecule has 0 radical (unpaired) electrons. The molecule has 14 aromatic carbocycles. The Morgan fingerprint density at radius 1 is 0.188 bits per heavy atom. The molecule has 0 nitrogen and oxygen atoms in total. The first-order valence-corrected chi connectivity index (χ1v) is 24.7. The zero-order chi connectivity index (χ0) is 45.2. The molecular weight excluding hydrogens is 849 g/mol. The van der Waals surface area contributed by atoms with Crippen LogP contribution in [0, 0.1) is 0 Å². The fourth-order valence-electron chi connectivity index (χ4n) is 11.7. The summed E-state index contributed by atoms with van der Waals surface area (Å²) < 4.78 is 2.59. The van der Waals surface area contributed by atoms with E-state index < -0.39 is 0 Å². The number of benzene rings is 14. The molecular formula is C68H40S. The summed E-state index contributed by atoms with van der Waals surface area (Å²) in [7, 11) is 0. The van der Waals surface area contributed by atoms with Crippen LogP contribution in [0.5, 0.6) is 0 Å². The smallest absolute Gasteiger partial charge is 0.0361 e. The SMILES string of the molecule is c1ccc(-c2cc(-c3ccc4ccc5cccc6ccc3c4c56)ccc2-c2ccc3c(c2)sc2cc(-c4ccc(-c5ccc6ccc7cccc8ccc5c6c78)cc4-c4ccccc4)ccc23)cc1. The maximum Gasteiger partial charge on any atom is 0.0361 e. The van der Waals surface area contributed by atoms with Crippen molar-refractivity contribution < 1.29 is 0 Å². The minimum Gasteiger partial charge on any atom is -0.135 e. The van der Waals surface area contributed by atoms with Crippen LogP contribution in [0.25, 0.3) is 152 Å². The molecule has 1 heteroatoms. The molecule has 0 fully saturated rings. The zero-order valence-electron chi connectivity index (χ0n) is 37.5. The third-order valence-corrected chi connectivity index (χ3v) is 16.1. The quantitative estimate of drug-likeness (QED) is 0.146. The predicted octanol–water partition coefficient (Wildman–Crippen LogP) is 19.9.